The van der Waals surface area contributed by atoms with E-state index in [4.69, 9.17) is 9.47 Å². The molecule has 176 valence electrons. The SMILES string of the molecule is COc1ccc(C(=O)NC(C(=O)OCc2nnc3n(C)c(=O)c4ccccc4n23)C(C)C)cc1. The highest BCUT2D eigenvalue weighted by Gasteiger charge is 2.27. The van der Waals surface area contributed by atoms with E-state index in [2.05, 4.69) is 15.5 Å². The highest BCUT2D eigenvalue weighted by molar-refractivity contribution is 5.97. The first kappa shape index (κ1) is 23.0. The number of para-hydroxylation sites is 1. The maximum atomic E-state index is 12.9. The third kappa shape index (κ3) is 4.21. The minimum Gasteiger partial charge on any atom is -0.497 e. The summed E-state index contributed by atoms with van der Waals surface area (Å²) in [7, 11) is 3.15. The van der Waals surface area contributed by atoms with Crippen molar-refractivity contribution in [3.63, 3.8) is 0 Å². The van der Waals surface area contributed by atoms with E-state index < -0.39 is 17.9 Å². The molecule has 0 spiro atoms. The third-order valence-electron chi connectivity index (χ3n) is 5.60. The van der Waals surface area contributed by atoms with E-state index in [-0.39, 0.29) is 18.1 Å². The number of nitrogens with zero attached hydrogens (tertiary/aromatic N) is 4. The monoisotopic (exact) mass is 463 g/mol. The van der Waals surface area contributed by atoms with Crippen molar-refractivity contribution in [3.8, 4) is 5.75 Å². The summed E-state index contributed by atoms with van der Waals surface area (Å²) in [6.45, 7) is 3.45. The highest BCUT2D eigenvalue weighted by atomic mass is 16.5. The molecule has 34 heavy (non-hydrogen) atoms. The van der Waals surface area contributed by atoms with E-state index in [1.54, 1.807) is 67.1 Å². The first-order chi connectivity index (χ1) is 16.3. The number of hydrogen-bond acceptors (Lipinski definition) is 7. The predicted octanol–water partition coefficient (Wildman–Crippen LogP) is 2.09. The molecule has 2 aromatic carbocycles. The molecule has 0 saturated carbocycles. The van der Waals surface area contributed by atoms with Crippen LogP contribution in [0.2, 0.25) is 0 Å². The molecule has 0 bridgehead atoms. The zero-order valence-electron chi connectivity index (χ0n) is 19.3. The minimum absolute atomic E-state index is 0.177. The van der Waals surface area contributed by atoms with Crippen LogP contribution < -0.4 is 15.6 Å². The van der Waals surface area contributed by atoms with Crippen LogP contribution in [0.25, 0.3) is 16.7 Å². The van der Waals surface area contributed by atoms with Gasteiger partial charge in [0.25, 0.3) is 11.5 Å². The Balaban J connectivity index is 1.54. The first-order valence-electron chi connectivity index (χ1n) is 10.7. The molecule has 10 nitrogen and oxygen atoms in total. The highest BCUT2D eigenvalue weighted by Crippen LogP contribution is 2.16. The second-order valence-corrected chi connectivity index (χ2v) is 8.16. The molecular weight excluding hydrogens is 438 g/mol. The van der Waals surface area contributed by atoms with Gasteiger partial charge in [-0.1, -0.05) is 26.0 Å². The van der Waals surface area contributed by atoms with E-state index in [0.29, 0.717) is 33.8 Å². The number of aromatic nitrogens is 4. The van der Waals surface area contributed by atoms with Crippen molar-refractivity contribution in [3.05, 3.63) is 70.3 Å². The van der Waals surface area contributed by atoms with Crippen LogP contribution in [0.1, 0.15) is 30.0 Å². The van der Waals surface area contributed by atoms with Crippen LogP contribution in [0, 0.1) is 5.92 Å². The fraction of sp³-hybridized carbons (Fsp3) is 0.292. The summed E-state index contributed by atoms with van der Waals surface area (Å²) in [5.41, 5.74) is 0.820. The van der Waals surface area contributed by atoms with Crippen molar-refractivity contribution >= 4 is 28.6 Å². The van der Waals surface area contributed by atoms with Crippen molar-refractivity contribution in [2.24, 2.45) is 13.0 Å². The number of carbonyl (C=O) groups is 2. The number of benzene rings is 2. The number of hydrogen-bond donors (Lipinski definition) is 1. The number of esters is 1. The molecule has 4 aromatic rings. The fourth-order valence-electron chi connectivity index (χ4n) is 3.68. The normalized spacial score (nSPS) is 12.1. The summed E-state index contributed by atoms with van der Waals surface area (Å²) in [6, 6.07) is 12.8. The Morgan fingerprint density at radius 3 is 2.44 bits per heavy atom. The molecule has 2 heterocycles. The molecule has 0 radical (unpaired) electrons. The van der Waals surface area contributed by atoms with Crippen LogP contribution in [0.15, 0.2) is 53.3 Å². The lowest BCUT2D eigenvalue weighted by Crippen LogP contribution is -2.45. The molecule has 0 aliphatic heterocycles. The summed E-state index contributed by atoms with van der Waals surface area (Å²) < 4.78 is 13.7. The Hall–Kier alpha value is -4.21. The van der Waals surface area contributed by atoms with Crippen LogP contribution in [0.3, 0.4) is 0 Å². The maximum absolute atomic E-state index is 12.9. The van der Waals surface area contributed by atoms with Gasteiger partial charge in [0.15, 0.2) is 12.4 Å². The van der Waals surface area contributed by atoms with Gasteiger partial charge in [0.2, 0.25) is 5.78 Å². The van der Waals surface area contributed by atoms with Gasteiger partial charge < -0.3 is 14.8 Å². The zero-order chi connectivity index (χ0) is 24.4. The topological polar surface area (TPSA) is 117 Å². The van der Waals surface area contributed by atoms with E-state index in [9.17, 15) is 14.4 Å². The van der Waals surface area contributed by atoms with Gasteiger partial charge in [-0.3, -0.25) is 18.6 Å². The van der Waals surface area contributed by atoms with Crippen molar-refractivity contribution < 1.29 is 19.1 Å². The number of nitrogens with one attached hydrogen (secondary N) is 1. The van der Waals surface area contributed by atoms with Gasteiger partial charge in [-0.05, 0) is 42.3 Å². The predicted molar refractivity (Wildman–Crippen MR) is 125 cm³/mol. The maximum Gasteiger partial charge on any atom is 0.329 e. The Morgan fingerprint density at radius 2 is 1.76 bits per heavy atom. The number of carbonyl (C=O) groups excluding carboxylic acids is 2. The quantitative estimate of drug-likeness (QED) is 0.417. The molecule has 1 N–H and O–H groups in total. The lowest BCUT2D eigenvalue weighted by atomic mass is 10.0. The number of fused-ring (bicyclic) bond motifs is 3. The summed E-state index contributed by atoms with van der Waals surface area (Å²) in [4.78, 5) is 38.2. The van der Waals surface area contributed by atoms with Crippen molar-refractivity contribution in [1.29, 1.82) is 0 Å². The second kappa shape index (κ2) is 9.34. The fourth-order valence-corrected chi connectivity index (χ4v) is 3.68. The lowest BCUT2D eigenvalue weighted by Gasteiger charge is -2.21. The largest absolute Gasteiger partial charge is 0.497 e. The van der Waals surface area contributed by atoms with Gasteiger partial charge in [-0.2, -0.15) is 0 Å². The number of amides is 1. The molecule has 1 atom stereocenters. The Labute approximate surface area is 195 Å². The molecular formula is C24H25N5O5. The Kier molecular flexibility index (Phi) is 6.31. The van der Waals surface area contributed by atoms with Crippen molar-refractivity contribution in [1.82, 2.24) is 24.5 Å². The zero-order valence-corrected chi connectivity index (χ0v) is 19.3. The second-order valence-electron chi connectivity index (χ2n) is 8.16. The van der Waals surface area contributed by atoms with Gasteiger partial charge in [0.05, 0.1) is 18.0 Å². The minimum atomic E-state index is -0.866. The number of rotatable bonds is 7. The molecule has 10 heteroatoms. The number of ether oxygens (including phenoxy) is 2. The van der Waals surface area contributed by atoms with Gasteiger partial charge in [-0.25, -0.2) is 4.79 Å². The molecule has 1 unspecified atom stereocenters. The van der Waals surface area contributed by atoms with Gasteiger partial charge in [0.1, 0.15) is 11.8 Å². The van der Waals surface area contributed by atoms with E-state index in [0.717, 1.165) is 0 Å². The van der Waals surface area contributed by atoms with Gasteiger partial charge in [-0.15, -0.1) is 10.2 Å². The molecule has 0 aliphatic rings. The third-order valence-corrected chi connectivity index (χ3v) is 5.60. The number of methoxy groups -OCH3 is 1. The Morgan fingerprint density at radius 1 is 1.06 bits per heavy atom. The summed E-state index contributed by atoms with van der Waals surface area (Å²) in [5.74, 6) is 0.116. The molecule has 2 aromatic heterocycles. The first-order valence-corrected chi connectivity index (χ1v) is 10.7. The summed E-state index contributed by atoms with van der Waals surface area (Å²) in [6.07, 6.45) is 0. The Bertz CT molecular complexity index is 1420. The van der Waals surface area contributed by atoms with E-state index >= 15 is 0 Å². The van der Waals surface area contributed by atoms with Crippen LogP contribution in [-0.2, 0) is 23.2 Å². The summed E-state index contributed by atoms with van der Waals surface area (Å²) in [5, 5.41) is 11.5. The van der Waals surface area contributed by atoms with Crippen molar-refractivity contribution in [2.45, 2.75) is 26.5 Å². The van der Waals surface area contributed by atoms with Crippen molar-refractivity contribution in [2.75, 3.05) is 7.11 Å². The molecule has 0 aliphatic carbocycles. The smallest absolute Gasteiger partial charge is 0.329 e. The molecule has 1 amide bonds. The summed E-state index contributed by atoms with van der Waals surface area (Å²) >= 11 is 0. The van der Waals surface area contributed by atoms with E-state index in [1.165, 1.54) is 4.57 Å². The molecule has 0 saturated heterocycles. The van der Waals surface area contributed by atoms with E-state index in [1.807, 2.05) is 13.8 Å². The van der Waals surface area contributed by atoms with Crippen LogP contribution in [0.5, 0.6) is 5.75 Å². The standard InChI is InChI=1S/C24H25N5O5/c1-14(2)20(25-21(30)15-9-11-16(33-4)12-10-15)23(32)34-13-19-26-27-24-28(3)22(31)17-7-5-6-8-18(17)29(19)24/h5-12,14,20H,13H2,1-4H3,(H,25,30). The van der Waals surface area contributed by atoms with Gasteiger partial charge in [0, 0.05) is 12.6 Å². The van der Waals surface area contributed by atoms with Crippen LogP contribution in [0.4, 0.5) is 0 Å². The molecule has 0 fully saturated rings. The van der Waals surface area contributed by atoms with Gasteiger partial charge >= 0.3 is 5.97 Å². The number of aryl methyl sites for hydroxylation is 1. The molecule has 4 rings (SSSR count). The average molecular weight is 463 g/mol. The van der Waals surface area contributed by atoms with Crippen LogP contribution in [-0.4, -0.2) is 44.2 Å². The van der Waals surface area contributed by atoms with Crippen LogP contribution >= 0.6 is 0 Å². The average Bonchev–Trinajstić information content (AvgIpc) is 3.28. The lowest BCUT2D eigenvalue weighted by molar-refractivity contribution is -0.148.